The van der Waals surface area contributed by atoms with Crippen LogP contribution in [-0.4, -0.2) is 39.1 Å². The molecule has 2 rings (SSSR count). The lowest BCUT2D eigenvalue weighted by Gasteiger charge is -2.14. The number of benzene rings is 1. The minimum Gasteiger partial charge on any atom is -0.466 e. The van der Waals surface area contributed by atoms with E-state index >= 15 is 0 Å². The topological polar surface area (TPSA) is 78.9 Å². The van der Waals surface area contributed by atoms with Crippen LogP contribution in [0.15, 0.2) is 29.2 Å². The highest BCUT2D eigenvalue weighted by atomic mass is 32.2. The predicted molar refractivity (Wildman–Crippen MR) is 72.9 cm³/mol. The molecule has 1 aromatic rings. The van der Waals surface area contributed by atoms with Gasteiger partial charge >= 0.3 is 11.2 Å². The molecule has 6 nitrogen and oxygen atoms in total. The molecule has 1 heterocycles. The SMILES string of the molecule is COC(=O)C1OC(=S)OC1c1ccc(S(C)(=O)=O)cc1. The first-order valence-electron chi connectivity index (χ1n) is 5.58. The molecule has 0 spiro atoms. The van der Waals surface area contributed by atoms with E-state index in [1.165, 1.54) is 19.2 Å². The van der Waals surface area contributed by atoms with Crippen LogP contribution in [-0.2, 0) is 28.8 Å². The van der Waals surface area contributed by atoms with Gasteiger partial charge in [0.2, 0.25) is 6.10 Å². The van der Waals surface area contributed by atoms with Crippen molar-refractivity contribution in [2.75, 3.05) is 13.4 Å². The van der Waals surface area contributed by atoms with Crippen LogP contribution < -0.4 is 0 Å². The molecule has 1 saturated heterocycles. The third-order valence-electron chi connectivity index (χ3n) is 2.79. The van der Waals surface area contributed by atoms with E-state index in [1.54, 1.807) is 12.1 Å². The number of carbonyl (C=O) groups excluding carboxylic acids is 1. The van der Waals surface area contributed by atoms with E-state index in [1.807, 2.05) is 0 Å². The van der Waals surface area contributed by atoms with Crippen molar-refractivity contribution in [3.05, 3.63) is 29.8 Å². The van der Waals surface area contributed by atoms with E-state index in [0.29, 0.717) is 5.56 Å². The molecule has 2 unspecified atom stereocenters. The number of esters is 1. The number of methoxy groups -OCH3 is 1. The molecule has 2 atom stereocenters. The van der Waals surface area contributed by atoms with Crippen molar-refractivity contribution in [1.29, 1.82) is 0 Å². The summed E-state index contributed by atoms with van der Waals surface area (Å²) >= 11 is 4.78. The van der Waals surface area contributed by atoms with Crippen LogP contribution in [0, 0.1) is 0 Å². The number of hydrogen-bond acceptors (Lipinski definition) is 7. The Bertz CT molecular complexity index is 634. The molecule has 0 N–H and O–H groups in total. The van der Waals surface area contributed by atoms with Gasteiger partial charge in [0.25, 0.3) is 0 Å². The van der Waals surface area contributed by atoms with E-state index in [4.69, 9.17) is 21.7 Å². The minimum atomic E-state index is -3.28. The van der Waals surface area contributed by atoms with Gasteiger partial charge in [0, 0.05) is 18.5 Å². The average molecular weight is 316 g/mol. The summed E-state index contributed by atoms with van der Waals surface area (Å²) in [6.07, 6.45) is -0.621. The summed E-state index contributed by atoms with van der Waals surface area (Å²) in [6, 6.07) is 5.97. The fraction of sp³-hybridized carbons (Fsp3) is 0.333. The number of rotatable bonds is 3. The van der Waals surface area contributed by atoms with E-state index in [0.717, 1.165) is 6.26 Å². The maximum Gasteiger partial charge on any atom is 0.354 e. The molecule has 0 radical (unpaired) electrons. The quantitative estimate of drug-likeness (QED) is 0.608. The molecular weight excluding hydrogens is 304 g/mol. The Morgan fingerprint density at radius 3 is 2.35 bits per heavy atom. The Hall–Kier alpha value is -1.67. The summed E-state index contributed by atoms with van der Waals surface area (Å²) in [4.78, 5) is 11.8. The second-order valence-corrected chi connectivity index (χ2v) is 6.54. The van der Waals surface area contributed by atoms with Crippen LogP contribution in [0.3, 0.4) is 0 Å². The van der Waals surface area contributed by atoms with Crippen molar-refractivity contribution < 1.29 is 27.4 Å². The molecule has 0 bridgehead atoms. The molecule has 20 heavy (non-hydrogen) atoms. The third kappa shape index (κ3) is 2.91. The summed E-state index contributed by atoms with van der Waals surface area (Å²) in [7, 11) is -2.04. The summed E-state index contributed by atoms with van der Waals surface area (Å²) in [5, 5.41) is -0.141. The molecule has 1 aliphatic rings. The zero-order chi connectivity index (χ0) is 14.9. The van der Waals surface area contributed by atoms with Gasteiger partial charge in [0.1, 0.15) is 0 Å². The first kappa shape index (κ1) is 14.7. The average Bonchev–Trinajstić information content (AvgIpc) is 2.79. The van der Waals surface area contributed by atoms with E-state index in [-0.39, 0.29) is 10.1 Å². The van der Waals surface area contributed by atoms with Crippen LogP contribution in [0.4, 0.5) is 0 Å². The van der Waals surface area contributed by atoms with Crippen LogP contribution >= 0.6 is 12.2 Å². The molecule has 0 amide bonds. The minimum absolute atomic E-state index is 0.141. The number of ether oxygens (including phenoxy) is 3. The summed E-state index contributed by atoms with van der Waals surface area (Å²) in [5.41, 5.74) is 0.577. The van der Waals surface area contributed by atoms with Crippen molar-refractivity contribution in [2.45, 2.75) is 17.1 Å². The lowest BCUT2D eigenvalue weighted by atomic mass is 10.0. The smallest absolute Gasteiger partial charge is 0.354 e. The van der Waals surface area contributed by atoms with Crippen molar-refractivity contribution in [3.8, 4) is 0 Å². The summed E-state index contributed by atoms with van der Waals surface area (Å²) in [5.74, 6) is -0.609. The molecule has 1 fully saturated rings. The van der Waals surface area contributed by atoms with Gasteiger partial charge in [-0.05, 0) is 17.7 Å². The van der Waals surface area contributed by atoms with Crippen LogP contribution in [0.25, 0.3) is 0 Å². The largest absolute Gasteiger partial charge is 0.466 e. The van der Waals surface area contributed by atoms with Gasteiger partial charge in [-0.25, -0.2) is 13.2 Å². The Kier molecular flexibility index (Phi) is 3.96. The summed E-state index contributed by atoms with van der Waals surface area (Å²) < 4.78 is 37.7. The first-order chi connectivity index (χ1) is 9.32. The number of hydrogen-bond donors (Lipinski definition) is 0. The van der Waals surface area contributed by atoms with E-state index in [2.05, 4.69) is 4.74 Å². The summed E-state index contributed by atoms with van der Waals surface area (Å²) in [6.45, 7) is 0. The standard InChI is InChI=1S/C12H12O6S2/c1-16-11(13)10-9(17-12(19)18-10)7-3-5-8(6-4-7)20(2,14)15/h3-6,9-10H,1-2H3. The van der Waals surface area contributed by atoms with Crippen LogP contribution in [0.5, 0.6) is 0 Å². The zero-order valence-electron chi connectivity index (χ0n) is 10.7. The van der Waals surface area contributed by atoms with Gasteiger partial charge in [0.05, 0.1) is 12.0 Å². The Morgan fingerprint density at radius 2 is 1.85 bits per heavy atom. The molecule has 0 aliphatic carbocycles. The van der Waals surface area contributed by atoms with Crippen molar-refractivity contribution >= 4 is 33.3 Å². The molecular formula is C12H12O6S2. The lowest BCUT2D eigenvalue weighted by Crippen LogP contribution is -2.27. The Morgan fingerprint density at radius 1 is 1.25 bits per heavy atom. The van der Waals surface area contributed by atoms with Gasteiger partial charge in [-0.15, -0.1) is 0 Å². The fourth-order valence-corrected chi connectivity index (χ4v) is 2.63. The maximum atomic E-state index is 11.6. The highest BCUT2D eigenvalue weighted by molar-refractivity contribution is 7.90. The molecule has 1 aromatic carbocycles. The molecule has 8 heteroatoms. The number of thiocarbonyl (C=S) groups is 1. The highest BCUT2D eigenvalue weighted by Gasteiger charge is 2.41. The fourth-order valence-electron chi connectivity index (χ4n) is 1.79. The molecule has 0 aromatic heterocycles. The van der Waals surface area contributed by atoms with Gasteiger partial charge in [-0.3, -0.25) is 0 Å². The van der Waals surface area contributed by atoms with Gasteiger partial charge in [0.15, 0.2) is 15.9 Å². The third-order valence-corrected chi connectivity index (χ3v) is 4.11. The Labute approximate surface area is 121 Å². The zero-order valence-corrected chi connectivity index (χ0v) is 12.4. The van der Waals surface area contributed by atoms with E-state index in [9.17, 15) is 13.2 Å². The van der Waals surface area contributed by atoms with Gasteiger partial charge in [-0.2, -0.15) is 0 Å². The maximum absolute atomic E-state index is 11.6. The van der Waals surface area contributed by atoms with Crippen molar-refractivity contribution in [3.63, 3.8) is 0 Å². The predicted octanol–water partition coefficient (Wildman–Crippen LogP) is 1.00. The van der Waals surface area contributed by atoms with Crippen molar-refractivity contribution in [1.82, 2.24) is 0 Å². The van der Waals surface area contributed by atoms with Crippen LogP contribution in [0.1, 0.15) is 11.7 Å². The molecule has 108 valence electrons. The van der Waals surface area contributed by atoms with Crippen LogP contribution in [0.2, 0.25) is 0 Å². The van der Waals surface area contributed by atoms with E-state index < -0.39 is 28.0 Å². The highest BCUT2D eigenvalue weighted by Crippen LogP contribution is 2.31. The lowest BCUT2D eigenvalue weighted by molar-refractivity contribution is -0.150. The van der Waals surface area contributed by atoms with Gasteiger partial charge < -0.3 is 14.2 Å². The Balaban J connectivity index is 2.30. The molecule has 0 saturated carbocycles. The second kappa shape index (κ2) is 5.37. The molecule has 1 aliphatic heterocycles. The van der Waals surface area contributed by atoms with Crippen molar-refractivity contribution in [2.24, 2.45) is 0 Å². The normalized spacial score (nSPS) is 22.0. The van der Waals surface area contributed by atoms with Gasteiger partial charge in [-0.1, -0.05) is 12.1 Å². The number of sulfone groups is 1. The first-order valence-corrected chi connectivity index (χ1v) is 7.88. The number of carbonyl (C=O) groups is 1. The second-order valence-electron chi connectivity index (χ2n) is 4.19. The monoisotopic (exact) mass is 316 g/mol.